The molecule has 20 heavy (non-hydrogen) atoms. The SMILES string of the molecule is CC(C(=O)O)n1c(-c2cccs2)nc2cc(Cl)cnc21. The largest absolute Gasteiger partial charge is 0.480 e. The van der Waals surface area contributed by atoms with Crippen LogP contribution in [-0.2, 0) is 4.79 Å². The summed E-state index contributed by atoms with van der Waals surface area (Å²) in [6.07, 6.45) is 1.49. The van der Waals surface area contributed by atoms with Gasteiger partial charge < -0.3 is 5.11 Å². The third kappa shape index (κ3) is 2.07. The van der Waals surface area contributed by atoms with Crippen molar-refractivity contribution in [2.45, 2.75) is 13.0 Å². The molecule has 0 aromatic carbocycles. The first-order valence-electron chi connectivity index (χ1n) is 5.88. The van der Waals surface area contributed by atoms with Crippen LogP contribution in [-0.4, -0.2) is 25.6 Å². The van der Waals surface area contributed by atoms with Crippen LogP contribution in [0.25, 0.3) is 21.9 Å². The lowest BCUT2D eigenvalue weighted by Crippen LogP contribution is -2.16. The molecule has 5 nitrogen and oxygen atoms in total. The Labute approximate surface area is 123 Å². The summed E-state index contributed by atoms with van der Waals surface area (Å²) in [4.78, 5) is 20.9. The zero-order chi connectivity index (χ0) is 14.3. The van der Waals surface area contributed by atoms with Crippen molar-refractivity contribution in [1.29, 1.82) is 0 Å². The van der Waals surface area contributed by atoms with Crippen molar-refractivity contribution in [3.8, 4) is 10.7 Å². The van der Waals surface area contributed by atoms with Gasteiger partial charge in [0.05, 0.1) is 9.90 Å². The zero-order valence-corrected chi connectivity index (χ0v) is 12.0. The molecular formula is C13H10ClN3O2S. The summed E-state index contributed by atoms with van der Waals surface area (Å²) in [5.74, 6) is -0.335. The molecule has 3 rings (SSSR count). The molecular weight excluding hydrogens is 298 g/mol. The molecule has 0 bridgehead atoms. The number of carboxylic acid groups (broad SMARTS) is 1. The van der Waals surface area contributed by atoms with E-state index in [1.807, 2.05) is 17.5 Å². The molecule has 1 N–H and O–H groups in total. The molecule has 0 radical (unpaired) electrons. The van der Waals surface area contributed by atoms with E-state index >= 15 is 0 Å². The highest BCUT2D eigenvalue weighted by molar-refractivity contribution is 7.13. The van der Waals surface area contributed by atoms with Gasteiger partial charge in [0.25, 0.3) is 0 Å². The highest BCUT2D eigenvalue weighted by Crippen LogP contribution is 2.31. The fraction of sp³-hybridized carbons (Fsp3) is 0.154. The van der Waals surface area contributed by atoms with Gasteiger partial charge >= 0.3 is 5.97 Å². The van der Waals surface area contributed by atoms with Gasteiger partial charge in [-0.2, -0.15) is 0 Å². The molecule has 3 aromatic rings. The normalized spacial score (nSPS) is 12.7. The second-order valence-electron chi connectivity index (χ2n) is 4.29. The van der Waals surface area contributed by atoms with Gasteiger partial charge in [0.15, 0.2) is 11.5 Å². The molecule has 0 saturated carbocycles. The van der Waals surface area contributed by atoms with Gasteiger partial charge in [-0.05, 0) is 24.4 Å². The second kappa shape index (κ2) is 4.88. The molecule has 0 amide bonds. The first kappa shape index (κ1) is 13.1. The van der Waals surface area contributed by atoms with Crippen LogP contribution in [0, 0.1) is 0 Å². The number of carbonyl (C=O) groups is 1. The number of carboxylic acids is 1. The average Bonchev–Trinajstić information content (AvgIpc) is 3.03. The Balaban J connectivity index is 2.32. The van der Waals surface area contributed by atoms with Gasteiger partial charge in [-0.25, -0.2) is 14.8 Å². The van der Waals surface area contributed by atoms with Crippen molar-refractivity contribution in [3.05, 3.63) is 34.8 Å². The summed E-state index contributed by atoms with van der Waals surface area (Å²) in [7, 11) is 0. The van der Waals surface area contributed by atoms with E-state index in [0.717, 1.165) is 4.88 Å². The van der Waals surface area contributed by atoms with E-state index in [-0.39, 0.29) is 0 Å². The molecule has 3 aromatic heterocycles. The number of nitrogens with zero attached hydrogens (tertiary/aromatic N) is 3. The number of aromatic nitrogens is 3. The summed E-state index contributed by atoms with van der Waals surface area (Å²) in [5, 5.41) is 11.7. The zero-order valence-electron chi connectivity index (χ0n) is 10.4. The molecule has 0 aliphatic heterocycles. The minimum atomic E-state index is -0.932. The maximum absolute atomic E-state index is 11.3. The number of aliphatic carboxylic acids is 1. The van der Waals surface area contributed by atoms with E-state index in [9.17, 15) is 9.90 Å². The van der Waals surface area contributed by atoms with Crippen LogP contribution >= 0.6 is 22.9 Å². The number of imidazole rings is 1. The molecule has 0 aliphatic carbocycles. The lowest BCUT2D eigenvalue weighted by molar-refractivity contribution is -0.140. The van der Waals surface area contributed by atoms with Gasteiger partial charge in [-0.15, -0.1) is 11.3 Å². The van der Waals surface area contributed by atoms with E-state index in [4.69, 9.17) is 11.6 Å². The Bertz CT molecular complexity index is 782. The van der Waals surface area contributed by atoms with E-state index in [1.165, 1.54) is 17.5 Å². The van der Waals surface area contributed by atoms with Gasteiger partial charge in [0.1, 0.15) is 11.6 Å². The van der Waals surface area contributed by atoms with Gasteiger partial charge in [0.2, 0.25) is 0 Å². The third-order valence-electron chi connectivity index (χ3n) is 2.98. The summed E-state index contributed by atoms with van der Waals surface area (Å²) >= 11 is 7.42. The van der Waals surface area contributed by atoms with E-state index < -0.39 is 12.0 Å². The molecule has 3 heterocycles. The Morgan fingerprint density at radius 3 is 3.00 bits per heavy atom. The minimum Gasteiger partial charge on any atom is -0.480 e. The monoisotopic (exact) mass is 307 g/mol. The molecule has 1 unspecified atom stereocenters. The highest BCUT2D eigenvalue weighted by Gasteiger charge is 2.23. The van der Waals surface area contributed by atoms with Crippen molar-refractivity contribution in [2.24, 2.45) is 0 Å². The number of hydrogen-bond donors (Lipinski definition) is 1. The van der Waals surface area contributed by atoms with Gasteiger partial charge in [-0.1, -0.05) is 17.7 Å². The Hall–Kier alpha value is -1.92. The van der Waals surface area contributed by atoms with Gasteiger partial charge in [0, 0.05) is 6.20 Å². The van der Waals surface area contributed by atoms with Crippen LogP contribution in [0.5, 0.6) is 0 Å². The molecule has 0 aliphatic rings. The number of halogens is 1. The molecule has 7 heteroatoms. The smallest absolute Gasteiger partial charge is 0.326 e. The number of hydrogen-bond acceptors (Lipinski definition) is 4. The summed E-state index contributed by atoms with van der Waals surface area (Å²) < 4.78 is 1.62. The van der Waals surface area contributed by atoms with E-state index in [2.05, 4.69) is 9.97 Å². The number of pyridine rings is 1. The Kier molecular flexibility index (Phi) is 3.19. The van der Waals surface area contributed by atoms with E-state index in [0.29, 0.717) is 22.0 Å². The number of fused-ring (bicyclic) bond motifs is 1. The maximum atomic E-state index is 11.3. The van der Waals surface area contributed by atoms with Crippen molar-refractivity contribution in [3.63, 3.8) is 0 Å². The standard InChI is InChI=1S/C13H10ClN3O2S/c1-7(13(18)19)17-11-9(5-8(14)6-15-11)16-12(17)10-3-2-4-20-10/h2-7H,1H3,(H,18,19). The number of rotatable bonds is 3. The third-order valence-corrected chi connectivity index (χ3v) is 4.06. The topological polar surface area (TPSA) is 68.0 Å². The fourth-order valence-electron chi connectivity index (χ4n) is 2.01. The lowest BCUT2D eigenvalue weighted by atomic mass is 10.3. The molecule has 102 valence electrons. The van der Waals surface area contributed by atoms with Crippen LogP contribution < -0.4 is 0 Å². The summed E-state index contributed by atoms with van der Waals surface area (Å²) in [6.45, 7) is 1.61. The van der Waals surface area contributed by atoms with Crippen LogP contribution in [0.4, 0.5) is 0 Å². The second-order valence-corrected chi connectivity index (χ2v) is 5.68. The van der Waals surface area contributed by atoms with Gasteiger partial charge in [-0.3, -0.25) is 4.57 Å². The van der Waals surface area contributed by atoms with E-state index in [1.54, 1.807) is 17.6 Å². The predicted octanol–water partition coefficient (Wildman–Crippen LogP) is 3.46. The first-order valence-corrected chi connectivity index (χ1v) is 7.14. The lowest BCUT2D eigenvalue weighted by Gasteiger charge is -2.11. The minimum absolute atomic E-state index is 0.475. The van der Waals surface area contributed by atoms with Crippen molar-refractivity contribution in [2.75, 3.05) is 0 Å². The first-order chi connectivity index (χ1) is 9.58. The fourth-order valence-corrected chi connectivity index (χ4v) is 2.88. The summed E-state index contributed by atoms with van der Waals surface area (Å²) in [6, 6.07) is 4.73. The Morgan fingerprint density at radius 1 is 1.55 bits per heavy atom. The maximum Gasteiger partial charge on any atom is 0.326 e. The van der Waals surface area contributed by atoms with Crippen LogP contribution in [0.15, 0.2) is 29.8 Å². The van der Waals surface area contributed by atoms with Crippen molar-refractivity contribution in [1.82, 2.24) is 14.5 Å². The predicted molar refractivity (Wildman–Crippen MR) is 78.2 cm³/mol. The molecule has 0 saturated heterocycles. The van der Waals surface area contributed by atoms with Crippen LogP contribution in [0.1, 0.15) is 13.0 Å². The molecule has 1 atom stereocenters. The summed E-state index contributed by atoms with van der Waals surface area (Å²) in [5.41, 5.74) is 1.11. The van der Waals surface area contributed by atoms with Crippen molar-refractivity contribution >= 4 is 40.1 Å². The number of thiophene rings is 1. The average molecular weight is 308 g/mol. The molecule has 0 spiro atoms. The van der Waals surface area contributed by atoms with Crippen LogP contribution in [0.2, 0.25) is 5.02 Å². The van der Waals surface area contributed by atoms with Crippen molar-refractivity contribution < 1.29 is 9.90 Å². The highest BCUT2D eigenvalue weighted by atomic mass is 35.5. The Morgan fingerprint density at radius 2 is 2.35 bits per heavy atom. The molecule has 0 fully saturated rings. The van der Waals surface area contributed by atoms with Crippen LogP contribution in [0.3, 0.4) is 0 Å². The quantitative estimate of drug-likeness (QED) is 0.804.